The number of halogens is 1. The molecule has 2 rings (SSSR count). The van der Waals surface area contributed by atoms with Crippen LogP contribution in [0.15, 0.2) is 4.52 Å². The highest BCUT2D eigenvalue weighted by molar-refractivity contribution is 6.32. The van der Waals surface area contributed by atoms with Crippen LogP contribution >= 0.6 is 11.6 Å². The Morgan fingerprint density at radius 3 is 2.47 bits per heavy atom. The number of hydrogen-bond donors (Lipinski definition) is 2. The summed E-state index contributed by atoms with van der Waals surface area (Å²) in [5, 5.41) is 3.70. The van der Waals surface area contributed by atoms with Crippen LogP contribution in [-0.2, 0) is 0 Å². The highest BCUT2D eigenvalue weighted by Gasteiger charge is 2.17. The van der Waals surface area contributed by atoms with Gasteiger partial charge < -0.3 is 16.0 Å². The van der Waals surface area contributed by atoms with Gasteiger partial charge in [-0.3, -0.25) is 0 Å². The fraction of sp³-hybridized carbons (Fsp3) is 0.143. The van der Waals surface area contributed by atoms with Gasteiger partial charge in [0, 0.05) is 0 Å². The molecular formula is C7H7ClN6O. The van der Waals surface area contributed by atoms with E-state index in [0.29, 0.717) is 11.4 Å². The van der Waals surface area contributed by atoms with Crippen LogP contribution in [0, 0.1) is 6.92 Å². The van der Waals surface area contributed by atoms with E-state index in [1.165, 1.54) is 0 Å². The summed E-state index contributed by atoms with van der Waals surface area (Å²) in [5.74, 6) is 0.751. The minimum absolute atomic E-state index is 0.00233. The Bertz CT molecular complexity index is 487. The van der Waals surface area contributed by atoms with Crippen molar-refractivity contribution in [3.8, 4) is 11.5 Å². The van der Waals surface area contributed by atoms with Crippen molar-refractivity contribution in [2.45, 2.75) is 6.92 Å². The summed E-state index contributed by atoms with van der Waals surface area (Å²) in [7, 11) is 0. The molecule has 2 aromatic rings. The molecule has 0 aliphatic heterocycles. The second kappa shape index (κ2) is 3.35. The molecule has 2 heterocycles. The second-order valence-corrected chi connectivity index (χ2v) is 3.14. The molecule has 0 fully saturated rings. The number of nitrogens with two attached hydrogens (primary N) is 2. The summed E-state index contributed by atoms with van der Waals surface area (Å²) in [6.07, 6.45) is 0. The van der Waals surface area contributed by atoms with Gasteiger partial charge >= 0.3 is 0 Å². The number of aryl methyl sites for hydroxylation is 1. The molecular weight excluding hydrogens is 220 g/mol. The summed E-state index contributed by atoms with van der Waals surface area (Å²) in [4.78, 5) is 11.5. The summed E-state index contributed by atoms with van der Waals surface area (Å²) in [6, 6.07) is 0. The van der Waals surface area contributed by atoms with Crippen molar-refractivity contribution in [3.63, 3.8) is 0 Å². The molecule has 0 saturated carbocycles. The Morgan fingerprint density at radius 1 is 1.20 bits per heavy atom. The minimum atomic E-state index is -0.00233. The molecule has 0 amide bonds. The molecule has 0 radical (unpaired) electrons. The minimum Gasteiger partial charge on any atom is -0.383 e. The first-order chi connectivity index (χ1) is 7.08. The van der Waals surface area contributed by atoms with Crippen LogP contribution in [0.1, 0.15) is 5.82 Å². The zero-order valence-electron chi connectivity index (χ0n) is 7.73. The third kappa shape index (κ3) is 1.68. The molecule has 78 valence electrons. The van der Waals surface area contributed by atoms with Crippen molar-refractivity contribution in [1.29, 1.82) is 0 Å². The van der Waals surface area contributed by atoms with Gasteiger partial charge in [-0.15, -0.1) is 0 Å². The molecule has 8 heteroatoms. The molecule has 0 aliphatic rings. The van der Waals surface area contributed by atoms with Crippen LogP contribution in [0.5, 0.6) is 0 Å². The van der Waals surface area contributed by atoms with Crippen LogP contribution in [0.4, 0.5) is 11.8 Å². The average Bonchev–Trinajstić information content (AvgIpc) is 2.49. The van der Waals surface area contributed by atoms with E-state index >= 15 is 0 Å². The maximum absolute atomic E-state index is 5.84. The Labute approximate surface area is 89.5 Å². The average molecular weight is 227 g/mol. The van der Waals surface area contributed by atoms with E-state index in [1.54, 1.807) is 6.92 Å². The Kier molecular flexibility index (Phi) is 2.16. The summed E-state index contributed by atoms with van der Waals surface area (Å²) in [5.41, 5.74) is 11.3. The van der Waals surface area contributed by atoms with Gasteiger partial charge in [-0.25, -0.2) is 4.98 Å². The smallest absolute Gasteiger partial charge is 0.264 e. The van der Waals surface area contributed by atoms with Crippen molar-refractivity contribution >= 4 is 23.4 Å². The molecule has 0 spiro atoms. The van der Waals surface area contributed by atoms with Crippen molar-refractivity contribution < 1.29 is 4.52 Å². The summed E-state index contributed by atoms with van der Waals surface area (Å²) in [6.45, 7) is 1.68. The van der Waals surface area contributed by atoms with Gasteiger partial charge in [-0.2, -0.15) is 9.97 Å². The highest BCUT2D eigenvalue weighted by Crippen LogP contribution is 2.29. The zero-order chi connectivity index (χ0) is 11.0. The number of nitrogens with zero attached hydrogens (tertiary/aromatic N) is 4. The molecule has 4 N–H and O–H groups in total. The quantitative estimate of drug-likeness (QED) is 0.686. The number of anilines is 2. The van der Waals surface area contributed by atoms with E-state index in [1.807, 2.05) is 0 Å². The van der Waals surface area contributed by atoms with Gasteiger partial charge in [0.25, 0.3) is 5.89 Å². The van der Waals surface area contributed by atoms with Gasteiger partial charge in [0.2, 0.25) is 5.95 Å². The van der Waals surface area contributed by atoms with Gasteiger partial charge in [0.1, 0.15) is 16.5 Å². The fourth-order valence-corrected chi connectivity index (χ4v) is 1.33. The molecule has 0 saturated heterocycles. The lowest BCUT2D eigenvalue weighted by atomic mass is 10.3. The number of nitrogen functional groups attached to an aromatic ring is 2. The molecule has 2 aromatic heterocycles. The molecule has 0 unspecified atom stereocenters. The SMILES string of the molecule is Cc1noc(-c2c(N)nc(N)nc2Cl)n1. The topological polar surface area (TPSA) is 117 Å². The molecule has 0 bridgehead atoms. The molecule has 0 atom stereocenters. The first-order valence-electron chi connectivity index (χ1n) is 3.97. The van der Waals surface area contributed by atoms with Crippen LogP contribution in [0.25, 0.3) is 11.5 Å². The highest BCUT2D eigenvalue weighted by atomic mass is 35.5. The van der Waals surface area contributed by atoms with E-state index in [2.05, 4.69) is 20.1 Å². The normalized spacial score (nSPS) is 10.5. The van der Waals surface area contributed by atoms with Gasteiger partial charge in [-0.05, 0) is 6.92 Å². The largest absolute Gasteiger partial charge is 0.383 e. The van der Waals surface area contributed by atoms with E-state index in [-0.39, 0.29) is 22.8 Å². The number of hydrogen-bond acceptors (Lipinski definition) is 7. The van der Waals surface area contributed by atoms with E-state index in [4.69, 9.17) is 27.6 Å². The van der Waals surface area contributed by atoms with Crippen LogP contribution in [0.3, 0.4) is 0 Å². The van der Waals surface area contributed by atoms with Gasteiger partial charge in [0.05, 0.1) is 0 Å². The molecule has 15 heavy (non-hydrogen) atoms. The predicted molar refractivity (Wildman–Crippen MR) is 53.9 cm³/mol. The number of aromatic nitrogens is 4. The number of rotatable bonds is 1. The predicted octanol–water partition coefficient (Wildman–Crippen LogP) is 0.653. The summed E-state index contributed by atoms with van der Waals surface area (Å²) < 4.78 is 4.91. The maximum Gasteiger partial charge on any atom is 0.264 e. The second-order valence-electron chi connectivity index (χ2n) is 2.78. The van der Waals surface area contributed by atoms with Crippen LogP contribution in [-0.4, -0.2) is 20.1 Å². The van der Waals surface area contributed by atoms with E-state index in [0.717, 1.165) is 0 Å². The third-order valence-corrected chi connectivity index (χ3v) is 1.93. The Morgan fingerprint density at radius 2 is 1.93 bits per heavy atom. The fourth-order valence-electron chi connectivity index (χ4n) is 1.06. The third-order valence-electron chi connectivity index (χ3n) is 1.65. The summed E-state index contributed by atoms with van der Waals surface area (Å²) >= 11 is 5.84. The zero-order valence-corrected chi connectivity index (χ0v) is 8.49. The van der Waals surface area contributed by atoms with E-state index < -0.39 is 0 Å². The van der Waals surface area contributed by atoms with Gasteiger partial charge in [0.15, 0.2) is 5.82 Å². The van der Waals surface area contributed by atoms with Gasteiger partial charge in [-0.1, -0.05) is 16.8 Å². The van der Waals surface area contributed by atoms with Crippen molar-refractivity contribution in [3.05, 3.63) is 11.0 Å². The Balaban J connectivity index is 2.62. The maximum atomic E-state index is 5.84. The first kappa shape index (κ1) is 9.66. The van der Waals surface area contributed by atoms with E-state index in [9.17, 15) is 0 Å². The Hall–Kier alpha value is -1.89. The lowest BCUT2D eigenvalue weighted by Gasteiger charge is -2.02. The van der Waals surface area contributed by atoms with Crippen LogP contribution in [0.2, 0.25) is 5.15 Å². The van der Waals surface area contributed by atoms with Crippen molar-refractivity contribution in [2.75, 3.05) is 11.5 Å². The standard InChI is InChI=1S/C7H7ClN6O/c1-2-11-6(15-14-2)3-4(8)12-7(10)13-5(3)9/h1H3,(H4,9,10,12,13). The molecule has 0 aromatic carbocycles. The molecule has 7 nitrogen and oxygen atoms in total. The van der Waals surface area contributed by atoms with Crippen molar-refractivity contribution in [1.82, 2.24) is 20.1 Å². The first-order valence-corrected chi connectivity index (χ1v) is 4.35. The molecule has 0 aliphatic carbocycles. The van der Waals surface area contributed by atoms with Crippen molar-refractivity contribution in [2.24, 2.45) is 0 Å². The monoisotopic (exact) mass is 226 g/mol. The lowest BCUT2D eigenvalue weighted by molar-refractivity contribution is 0.425. The lowest BCUT2D eigenvalue weighted by Crippen LogP contribution is -2.02. The van der Waals surface area contributed by atoms with Crippen LogP contribution < -0.4 is 11.5 Å².